The largest absolute Gasteiger partial charge is 0.349 e. The van der Waals surface area contributed by atoms with Crippen LogP contribution in [0.2, 0.25) is 0 Å². The molecule has 0 saturated heterocycles. The summed E-state index contributed by atoms with van der Waals surface area (Å²) in [6, 6.07) is 4.20. The minimum absolute atomic E-state index is 0.0735. The van der Waals surface area contributed by atoms with Crippen LogP contribution >= 0.6 is 12.2 Å². The number of hydrogen-bond donors (Lipinski definition) is 4. The average molecular weight is 265 g/mol. The van der Waals surface area contributed by atoms with Crippen molar-refractivity contribution in [1.29, 1.82) is 0 Å². The minimum Gasteiger partial charge on any atom is -0.349 e. The van der Waals surface area contributed by atoms with Gasteiger partial charge in [0.25, 0.3) is 11.5 Å². The zero-order valence-corrected chi connectivity index (χ0v) is 9.61. The Kier molecular flexibility index (Phi) is 2.03. The van der Waals surface area contributed by atoms with Gasteiger partial charge in [-0.15, -0.1) is 0 Å². The standard InChI is InChI=1S/C9H7N5O3S/c15-9-7(12-13-8(18)11-9)5-3-4(14(16)17)1-2-6(5)10-9/h1-3,10,15H,(H2,11,13,18). The Morgan fingerprint density at radius 2 is 2.22 bits per heavy atom. The van der Waals surface area contributed by atoms with Gasteiger partial charge in [-0.25, -0.2) is 0 Å². The molecule has 0 amide bonds. The second-order valence-electron chi connectivity index (χ2n) is 3.85. The number of benzene rings is 1. The van der Waals surface area contributed by atoms with Crippen molar-refractivity contribution in [2.45, 2.75) is 5.85 Å². The molecule has 2 aliphatic heterocycles. The lowest BCUT2D eigenvalue weighted by molar-refractivity contribution is -0.384. The van der Waals surface area contributed by atoms with E-state index in [-0.39, 0.29) is 16.5 Å². The summed E-state index contributed by atoms with van der Waals surface area (Å²) in [7, 11) is 0. The van der Waals surface area contributed by atoms with E-state index in [2.05, 4.69) is 21.2 Å². The third kappa shape index (κ3) is 1.41. The molecule has 8 nitrogen and oxygen atoms in total. The van der Waals surface area contributed by atoms with E-state index >= 15 is 0 Å². The maximum atomic E-state index is 10.7. The molecule has 0 bridgehead atoms. The Morgan fingerprint density at radius 1 is 1.44 bits per heavy atom. The average Bonchev–Trinajstić information content (AvgIpc) is 2.58. The fraction of sp³-hybridized carbons (Fsp3) is 0.111. The summed E-state index contributed by atoms with van der Waals surface area (Å²) in [6.45, 7) is 0. The van der Waals surface area contributed by atoms with E-state index in [1.165, 1.54) is 18.2 Å². The summed E-state index contributed by atoms with van der Waals surface area (Å²) in [4.78, 5) is 10.2. The summed E-state index contributed by atoms with van der Waals surface area (Å²) in [5.74, 6) is -1.63. The van der Waals surface area contributed by atoms with Crippen LogP contribution in [0.4, 0.5) is 11.4 Å². The van der Waals surface area contributed by atoms with Crippen molar-refractivity contribution in [3.05, 3.63) is 33.9 Å². The van der Waals surface area contributed by atoms with Gasteiger partial charge in [-0.2, -0.15) is 5.10 Å². The van der Waals surface area contributed by atoms with Gasteiger partial charge < -0.3 is 15.7 Å². The molecule has 3 rings (SSSR count). The number of nitro benzene ring substituents is 1. The number of nitrogens with zero attached hydrogens (tertiary/aromatic N) is 2. The third-order valence-corrected chi connectivity index (χ3v) is 2.88. The minimum atomic E-state index is -1.63. The Labute approximate surface area is 106 Å². The number of hydrazone groups is 1. The molecule has 0 radical (unpaired) electrons. The lowest BCUT2D eigenvalue weighted by Gasteiger charge is -2.29. The molecule has 0 aliphatic carbocycles. The van der Waals surface area contributed by atoms with Crippen molar-refractivity contribution >= 4 is 34.4 Å². The zero-order valence-electron chi connectivity index (χ0n) is 8.80. The quantitative estimate of drug-likeness (QED) is 0.317. The molecule has 1 aromatic carbocycles. The number of thiocarbonyl (C=S) groups is 1. The normalized spacial score (nSPS) is 24.1. The fourth-order valence-corrected chi connectivity index (χ4v) is 2.12. The lowest BCUT2D eigenvalue weighted by atomic mass is 10.1. The zero-order chi connectivity index (χ0) is 12.9. The summed E-state index contributed by atoms with van der Waals surface area (Å²) < 4.78 is 0. The van der Waals surface area contributed by atoms with Crippen LogP contribution in [0, 0.1) is 10.1 Å². The van der Waals surface area contributed by atoms with Gasteiger partial charge in [-0.1, -0.05) is 0 Å². The van der Waals surface area contributed by atoms with E-state index in [0.29, 0.717) is 11.3 Å². The number of anilines is 1. The topological polar surface area (TPSA) is 112 Å². The van der Waals surface area contributed by atoms with Crippen molar-refractivity contribution in [2.75, 3.05) is 5.32 Å². The molecule has 0 aromatic heterocycles. The summed E-state index contributed by atoms with van der Waals surface area (Å²) >= 11 is 4.84. The van der Waals surface area contributed by atoms with Crippen molar-refractivity contribution in [3.63, 3.8) is 0 Å². The molecule has 1 atom stereocenters. The highest BCUT2D eigenvalue weighted by atomic mass is 32.1. The smallest absolute Gasteiger partial charge is 0.270 e. The number of fused-ring (bicyclic) bond motifs is 3. The monoisotopic (exact) mass is 265 g/mol. The number of hydrogen-bond acceptors (Lipinski definition) is 6. The molecule has 0 fully saturated rings. The molecular formula is C9H7N5O3S. The van der Waals surface area contributed by atoms with Crippen molar-refractivity contribution < 1.29 is 10.0 Å². The van der Waals surface area contributed by atoms with Crippen LogP contribution in [-0.2, 0) is 0 Å². The lowest BCUT2D eigenvalue weighted by Crippen LogP contribution is -2.62. The Hall–Kier alpha value is -2.26. The first kappa shape index (κ1) is 10.9. The molecule has 18 heavy (non-hydrogen) atoms. The number of aliphatic hydroxyl groups is 1. The third-order valence-electron chi connectivity index (χ3n) is 2.69. The van der Waals surface area contributed by atoms with Crippen LogP contribution in [0.5, 0.6) is 0 Å². The summed E-state index contributed by atoms with van der Waals surface area (Å²) in [5, 5.41) is 30.5. The summed E-state index contributed by atoms with van der Waals surface area (Å²) in [5.41, 5.74) is 3.65. The predicted molar refractivity (Wildman–Crippen MR) is 67.1 cm³/mol. The van der Waals surface area contributed by atoms with Gasteiger partial charge in [-0.3, -0.25) is 15.5 Å². The molecule has 1 unspecified atom stereocenters. The van der Waals surface area contributed by atoms with E-state index in [4.69, 9.17) is 12.2 Å². The van der Waals surface area contributed by atoms with Crippen LogP contribution < -0.4 is 16.1 Å². The van der Waals surface area contributed by atoms with E-state index < -0.39 is 10.8 Å². The molecular weight excluding hydrogens is 258 g/mol. The van der Waals surface area contributed by atoms with Crippen LogP contribution in [0.25, 0.3) is 0 Å². The van der Waals surface area contributed by atoms with Crippen LogP contribution in [0.15, 0.2) is 23.3 Å². The van der Waals surface area contributed by atoms with E-state index in [1.54, 1.807) is 0 Å². The molecule has 0 spiro atoms. The number of nitrogens with one attached hydrogen (secondary N) is 3. The highest BCUT2D eigenvalue weighted by molar-refractivity contribution is 7.80. The Balaban J connectivity index is 2.14. The SMILES string of the molecule is O=[N+]([O-])c1ccc2c(c1)C1=NNC(=S)NC1(O)N2. The molecule has 9 heteroatoms. The highest BCUT2D eigenvalue weighted by Crippen LogP contribution is 2.33. The van der Waals surface area contributed by atoms with Gasteiger partial charge in [0.1, 0.15) is 5.71 Å². The van der Waals surface area contributed by atoms with Gasteiger partial charge in [0, 0.05) is 23.4 Å². The van der Waals surface area contributed by atoms with Gasteiger partial charge in [-0.05, 0) is 18.3 Å². The fourth-order valence-electron chi connectivity index (χ4n) is 1.93. The highest BCUT2D eigenvalue weighted by Gasteiger charge is 2.45. The maximum Gasteiger partial charge on any atom is 0.270 e. The Morgan fingerprint density at radius 3 is 2.94 bits per heavy atom. The second kappa shape index (κ2) is 3.37. The molecule has 92 valence electrons. The van der Waals surface area contributed by atoms with Crippen molar-refractivity contribution in [2.24, 2.45) is 5.10 Å². The number of nitro groups is 1. The van der Waals surface area contributed by atoms with Crippen LogP contribution in [-0.4, -0.2) is 26.7 Å². The first-order valence-corrected chi connectivity index (χ1v) is 5.36. The first-order chi connectivity index (χ1) is 8.49. The second-order valence-corrected chi connectivity index (χ2v) is 4.26. The van der Waals surface area contributed by atoms with Crippen LogP contribution in [0.3, 0.4) is 0 Å². The van der Waals surface area contributed by atoms with Gasteiger partial charge in [0.05, 0.1) is 4.92 Å². The Bertz CT molecular complexity index is 616. The molecule has 1 aromatic rings. The van der Waals surface area contributed by atoms with Gasteiger partial charge >= 0.3 is 0 Å². The molecule has 2 aliphatic rings. The van der Waals surface area contributed by atoms with Crippen molar-refractivity contribution in [3.8, 4) is 0 Å². The van der Waals surface area contributed by atoms with E-state index in [9.17, 15) is 15.2 Å². The molecule has 2 heterocycles. The molecule has 0 saturated carbocycles. The van der Waals surface area contributed by atoms with E-state index in [0.717, 1.165) is 0 Å². The van der Waals surface area contributed by atoms with Gasteiger partial charge in [0.15, 0.2) is 5.11 Å². The van der Waals surface area contributed by atoms with Crippen molar-refractivity contribution in [1.82, 2.24) is 10.7 Å². The van der Waals surface area contributed by atoms with Crippen LogP contribution in [0.1, 0.15) is 5.56 Å². The first-order valence-electron chi connectivity index (χ1n) is 4.95. The van der Waals surface area contributed by atoms with Gasteiger partial charge in [0.2, 0.25) is 0 Å². The number of rotatable bonds is 1. The predicted octanol–water partition coefficient (Wildman–Crippen LogP) is -0.152. The van der Waals surface area contributed by atoms with E-state index in [1.807, 2.05) is 0 Å². The molecule has 4 N–H and O–H groups in total. The number of non-ortho nitro benzene ring substituents is 1. The maximum absolute atomic E-state index is 10.7. The summed E-state index contributed by atoms with van der Waals surface area (Å²) in [6.07, 6.45) is 0.